The first-order valence-corrected chi connectivity index (χ1v) is 11.4. The average molecular weight is 537 g/mol. The molecule has 1 aliphatic rings. The molecule has 5 rings (SSSR count). The number of rotatable bonds is 5. The van der Waals surface area contributed by atoms with Crippen LogP contribution in [-0.2, 0) is 4.74 Å². The van der Waals surface area contributed by atoms with Crippen molar-refractivity contribution >= 4 is 11.6 Å². The Morgan fingerprint density at radius 1 is 1.08 bits per heavy atom. The number of hydrogen-bond donors (Lipinski definition) is 3. The molecule has 0 aliphatic carbocycles. The molecule has 0 amide bonds. The van der Waals surface area contributed by atoms with Gasteiger partial charge in [-0.1, -0.05) is 16.8 Å². The lowest BCUT2D eigenvalue weighted by molar-refractivity contribution is -0.210. The molecule has 0 saturated carbocycles. The quantitative estimate of drug-likeness (QED) is 0.331. The molecule has 1 aliphatic heterocycles. The van der Waals surface area contributed by atoms with Gasteiger partial charge < -0.3 is 20.1 Å². The molecule has 1 fully saturated rings. The third kappa shape index (κ3) is 4.49. The smallest absolute Gasteiger partial charge is 0.194 e. The van der Waals surface area contributed by atoms with Crippen molar-refractivity contribution in [2.45, 2.75) is 37.4 Å². The predicted octanol–water partition coefficient (Wildman–Crippen LogP) is 2.30. The topological polar surface area (TPSA) is 131 Å². The summed E-state index contributed by atoms with van der Waals surface area (Å²) in [6, 6.07) is 5.38. The molecule has 0 bridgehead atoms. The fourth-order valence-corrected chi connectivity index (χ4v) is 4.60. The zero-order valence-electron chi connectivity index (χ0n) is 19.1. The molecule has 37 heavy (non-hydrogen) atoms. The fourth-order valence-electron chi connectivity index (χ4n) is 4.37. The number of aliphatic hydroxyl groups is 3. The molecule has 4 aromatic rings. The minimum Gasteiger partial charge on any atom is -0.394 e. The van der Waals surface area contributed by atoms with Gasteiger partial charge >= 0.3 is 0 Å². The maximum atomic E-state index is 13.7. The maximum absolute atomic E-state index is 13.7. The average Bonchev–Trinajstić information content (AvgIpc) is 3.53. The molecular weight excluding hydrogens is 517 g/mol. The van der Waals surface area contributed by atoms with Gasteiger partial charge in [-0.2, -0.15) is 5.10 Å². The van der Waals surface area contributed by atoms with Crippen LogP contribution >= 0.6 is 11.6 Å². The van der Waals surface area contributed by atoms with Gasteiger partial charge in [0.25, 0.3) is 0 Å². The first-order chi connectivity index (χ1) is 17.7. The van der Waals surface area contributed by atoms with Crippen LogP contribution in [0.15, 0.2) is 42.9 Å². The van der Waals surface area contributed by atoms with Gasteiger partial charge in [-0.25, -0.2) is 27.5 Å². The van der Waals surface area contributed by atoms with Crippen LogP contribution in [0.4, 0.5) is 13.2 Å². The SMILES string of the molecule is Cc1cc(Cl)ccc1-n1ncnc1[C@@H]1O[C@H](CO)[C@H](O)[C@H](n2cc(-c3cc(F)c(F)c(F)c3)nn2)[C@H]1O. The Kier molecular flexibility index (Phi) is 6.72. The predicted molar refractivity (Wildman–Crippen MR) is 122 cm³/mol. The van der Waals surface area contributed by atoms with Crippen LogP contribution in [0.3, 0.4) is 0 Å². The van der Waals surface area contributed by atoms with E-state index in [1.165, 1.54) is 17.2 Å². The molecule has 2 aromatic carbocycles. The summed E-state index contributed by atoms with van der Waals surface area (Å²) in [6.45, 7) is 1.21. The molecule has 10 nitrogen and oxygen atoms in total. The third-order valence-corrected chi connectivity index (χ3v) is 6.44. The van der Waals surface area contributed by atoms with Crippen LogP contribution in [0.1, 0.15) is 23.5 Å². The van der Waals surface area contributed by atoms with Crippen molar-refractivity contribution in [3.8, 4) is 16.9 Å². The number of aromatic nitrogens is 6. The Hall–Kier alpha value is -3.36. The molecule has 1 saturated heterocycles. The Morgan fingerprint density at radius 3 is 2.49 bits per heavy atom. The number of aryl methyl sites for hydroxylation is 1. The molecule has 2 aromatic heterocycles. The Labute approximate surface area is 212 Å². The standard InChI is InChI=1S/C23H20ClF3N6O4/c1-10-4-12(24)2-3-16(10)33-23(28-9-29-33)22-21(36)19(20(35)17(8-34)37-22)32-7-15(30-31-32)11-5-13(25)18(27)14(26)6-11/h2-7,9,17,19-22,34-36H,8H2,1H3/t17-,19+,20+,21-,22-/m1/s1. The molecule has 3 N–H and O–H groups in total. The second-order valence-electron chi connectivity index (χ2n) is 8.55. The van der Waals surface area contributed by atoms with Gasteiger partial charge in [-0.05, 0) is 42.8 Å². The number of benzene rings is 2. The van der Waals surface area contributed by atoms with Crippen molar-refractivity contribution in [3.05, 3.63) is 76.7 Å². The van der Waals surface area contributed by atoms with Crippen molar-refractivity contribution < 1.29 is 33.2 Å². The van der Waals surface area contributed by atoms with E-state index in [0.717, 1.165) is 22.4 Å². The van der Waals surface area contributed by atoms with E-state index in [2.05, 4.69) is 20.4 Å². The van der Waals surface area contributed by atoms with Crippen LogP contribution < -0.4 is 0 Å². The number of halogens is 4. The summed E-state index contributed by atoms with van der Waals surface area (Å²) < 4.78 is 49.2. The molecule has 0 unspecified atom stereocenters. The van der Waals surface area contributed by atoms with Crippen LogP contribution in [0.25, 0.3) is 16.9 Å². The lowest BCUT2D eigenvalue weighted by atomic mass is 9.92. The monoisotopic (exact) mass is 536 g/mol. The normalized spacial score (nSPS) is 23.9. The third-order valence-electron chi connectivity index (χ3n) is 6.20. The highest BCUT2D eigenvalue weighted by molar-refractivity contribution is 6.30. The van der Waals surface area contributed by atoms with Crippen molar-refractivity contribution in [2.24, 2.45) is 0 Å². The van der Waals surface area contributed by atoms with Crippen LogP contribution in [0, 0.1) is 24.4 Å². The van der Waals surface area contributed by atoms with Gasteiger partial charge in [0.05, 0.1) is 18.5 Å². The second kappa shape index (κ2) is 9.84. The van der Waals surface area contributed by atoms with Crippen molar-refractivity contribution in [2.75, 3.05) is 6.61 Å². The van der Waals surface area contributed by atoms with E-state index in [4.69, 9.17) is 16.3 Å². The summed E-state index contributed by atoms with van der Waals surface area (Å²) in [5.41, 5.74) is 1.23. The van der Waals surface area contributed by atoms with E-state index in [1.807, 2.05) is 6.92 Å². The van der Waals surface area contributed by atoms with Gasteiger partial charge in [0.1, 0.15) is 42.5 Å². The van der Waals surface area contributed by atoms with E-state index in [9.17, 15) is 28.5 Å². The van der Waals surface area contributed by atoms with Gasteiger partial charge in [0.2, 0.25) is 0 Å². The lowest BCUT2D eigenvalue weighted by Crippen LogP contribution is -2.53. The molecule has 194 valence electrons. The van der Waals surface area contributed by atoms with Gasteiger partial charge in [0, 0.05) is 10.6 Å². The first kappa shape index (κ1) is 25.3. The Balaban J connectivity index is 1.52. The number of aliphatic hydroxyl groups excluding tert-OH is 3. The second-order valence-corrected chi connectivity index (χ2v) is 8.98. The van der Waals surface area contributed by atoms with E-state index < -0.39 is 54.5 Å². The first-order valence-electron chi connectivity index (χ1n) is 11.0. The van der Waals surface area contributed by atoms with E-state index in [0.29, 0.717) is 10.7 Å². The summed E-state index contributed by atoms with van der Waals surface area (Å²) in [5, 5.41) is 44.5. The van der Waals surface area contributed by atoms with Crippen molar-refractivity contribution in [1.82, 2.24) is 29.8 Å². The molecule has 0 radical (unpaired) electrons. The summed E-state index contributed by atoms with van der Waals surface area (Å²) in [6.07, 6.45) is -2.79. The van der Waals surface area contributed by atoms with Crippen LogP contribution in [0.5, 0.6) is 0 Å². The highest BCUT2D eigenvalue weighted by Gasteiger charge is 2.48. The molecule has 0 spiro atoms. The van der Waals surface area contributed by atoms with E-state index in [1.54, 1.807) is 18.2 Å². The summed E-state index contributed by atoms with van der Waals surface area (Å²) in [5.74, 6) is -4.27. The molecule has 14 heteroatoms. The minimum atomic E-state index is -1.62. The fraction of sp³-hybridized carbons (Fsp3) is 0.304. The summed E-state index contributed by atoms with van der Waals surface area (Å²) >= 11 is 6.06. The van der Waals surface area contributed by atoms with E-state index in [-0.39, 0.29) is 17.1 Å². The highest BCUT2D eigenvalue weighted by atomic mass is 35.5. The van der Waals surface area contributed by atoms with Crippen molar-refractivity contribution in [1.29, 1.82) is 0 Å². The van der Waals surface area contributed by atoms with Gasteiger partial charge in [-0.15, -0.1) is 5.10 Å². The van der Waals surface area contributed by atoms with Crippen molar-refractivity contribution in [3.63, 3.8) is 0 Å². The van der Waals surface area contributed by atoms with E-state index >= 15 is 0 Å². The Morgan fingerprint density at radius 2 is 1.81 bits per heavy atom. The van der Waals surface area contributed by atoms with Gasteiger partial charge in [0.15, 0.2) is 23.3 Å². The lowest BCUT2D eigenvalue weighted by Gasteiger charge is -2.41. The minimum absolute atomic E-state index is 0.0410. The van der Waals surface area contributed by atoms with Crippen LogP contribution in [-0.4, -0.2) is 70.0 Å². The summed E-state index contributed by atoms with van der Waals surface area (Å²) in [7, 11) is 0. The Bertz CT molecular complexity index is 1430. The molecule has 5 atom stereocenters. The number of nitrogens with zero attached hydrogens (tertiary/aromatic N) is 6. The zero-order valence-corrected chi connectivity index (χ0v) is 19.8. The number of ether oxygens (including phenoxy) is 1. The van der Waals surface area contributed by atoms with Gasteiger partial charge in [-0.3, -0.25) is 0 Å². The highest BCUT2D eigenvalue weighted by Crippen LogP contribution is 2.38. The molecule has 3 heterocycles. The summed E-state index contributed by atoms with van der Waals surface area (Å²) in [4.78, 5) is 4.24. The number of hydrogen-bond acceptors (Lipinski definition) is 8. The zero-order chi connectivity index (χ0) is 26.4. The van der Waals surface area contributed by atoms with Crippen LogP contribution in [0.2, 0.25) is 5.02 Å². The maximum Gasteiger partial charge on any atom is 0.194 e. The largest absolute Gasteiger partial charge is 0.394 e. The molecular formula is C23H20ClF3N6O4.